The van der Waals surface area contributed by atoms with Crippen LogP contribution in [0, 0.1) is 0 Å². The Bertz CT molecular complexity index is 1200. The van der Waals surface area contributed by atoms with E-state index in [4.69, 9.17) is 4.42 Å². The van der Waals surface area contributed by atoms with E-state index in [-0.39, 0.29) is 0 Å². The van der Waals surface area contributed by atoms with Crippen molar-refractivity contribution in [3.05, 3.63) is 91.3 Å². The van der Waals surface area contributed by atoms with Gasteiger partial charge in [0.15, 0.2) is 0 Å². The highest BCUT2D eigenvalue weighted by Gasteiger charge is 2.34. The van der Waals surface area contributed by atoms with Gasteiger partial charge in [0.1, 0.15) is 6.26 Å². The molecule has 0 bridgehead atoms. The second-order valence-corrected chi connectivity index (χ2v) is 10.8. The molecule has 28 heavy (non-hydrogen) atoms. The quantitative estimate of drug-likeness (QED) is 0.341. The van der Waals surface area contributed by atoms with Gasteiger partial charge in [-0.2, -0.15) is 15.0 Å². The smallest absolute Gasteiger partial charge is 0.306 e. The molecule has 5 rings (SSSR count). The summed E-state index contributed by atoms with van der Waals surface area (Å²) in [5.74, 6) is 0.636. The van der Waals surface area contributed by atoms with E-state index in [2.05, 4.69) is 97.7 Å². The molecule has 0 spiro atoms. The van der Waals surface area contributed by atoms with Crippen LogP contribution >= 0.6 is 10.0 Å². The highest BCUT2D eigenvalue weighted by molar-refractivity contribution is 8.34. The third-order valence-electron chi connectivity index (χ3n) is 5.32. The van der Waals surface area contributed by atoms with Crippen molar-refractivity contribution in [2.45, 2.75) is 33.8 Å². The van der Waals surface area contributed by atoms with E-state index in [0.29, 0.717) is 11.1 Å². The largest absolute Gasteiger partial charge is 0.432 e. The molecule has 5 aromatic rings. The molecule has 0 atom stereocenters. The first-order chi connectivity index (χ1) is 13.7. The number of hydrogen-bond donors (Lipinski definition) is 0. The summed E-state index contributed by atoms with van der Waals surface area (Å²) >= 11 is 0. The molecular weight excluding hydrogens is 364 g/mol. The fourth-order valence-corrected chi connectivity index (χ4v) is 8.33. The minimum atomic E-state index is -1.44. The van der Waals surface area contributed by atoms with Gasteiger partial charge < -0.3 is 4.42 Å². The number of aromatic nitrogens is 2. The normalized spacial score (nSPS) is 12.8. The Morgan fingerprint density at radius 3 is 2.07 bits per heavy atom. The molecule has 4 heteroatoms. The Balaban J connectivity index is 1.87. The van der Waals surface area contributed by atoms with Crippen molar-refractivity contribution in [1.29, 1.82) is 0 Å². The van der Waals surface area contributed by atoms with E-state index >= 15 is 0 Å². The van der Waals surface area contributed by atoms with Crippen molar-refractivity contribution in [1.82, 2.24) is 9.38 Å². The Morgan fingerprint density at radius 2 is 1.46 bits per heavy atom. The van der Waals surface area contributed by atoms with E-state index < -0.39 is 10.0 Å². The standard InChI is InChI=1S/C24H22N2OS/c1-18(2)28(19-9-5-3-6-10-19,20-11-7-4-8-12-20)21-13-14-22-23(17-21)26-15-16-27-24(26)25-22/h3-18H,1-2H3. The number of hydrogen-bond acceptors (Lipinski definition) is 2. The maximum Gasteiger partial charge on any atom is 0.306 e. The lowest BCUT2D eigenvalue weighted by molar-refractivity contribution is 0.597. The van der Waals surface area contributed by atoms with Gasteiger partial charge in [-0.1, -0.05) is 50.2 Å². The summed E-state index contributed by atoms with van der Waals surface area (Å²) in [5, 5.41) is 0.433. The summed E-state index contributed by atoms with van der Waals surface area (Å²) in [6.07, 6.45) is 3.62. The van der Waals surface area contributed by atoms with Crippen molar-refractivity contribution in [3.63, 3.8) is 0 Å². The minimum absolute atomic E-state index is 0.433. The van der Waals surface area contributed by atoms with E-state index in [1.807, 2.05) is 10.6 Å². The van der Waals surface area contributed by atoms with Crippen LogP contribution in [-0.2, 0) is 0 Å². The zero-order chi connectivity index (χ0) is 19.1. The Morgan fingerprint density at radius 1 is 0.821 bits per heavy atom. The van der Waals surface area contributed by atoms with Gasteiger partial charge in [-0.05, 0) is 57.5 Å². The van der Waals surface area contributed by atoms with Crippen LogP contribution in [0.25, 0.3) is 16.9 Å². The molecule has 0 aliphatic heterocycles. The van der Waals surface area contributed by atoms with Gasteiger partial charge in [-0.25, -0.2) is 0 Å². The lowest BCUT2D eigenvalue weighted by Gasteiger charge is -2.45. The molecule has 3 aromatic carbocycles. The number of benzene rings is 3. The molecule has 0 unspecified atom stereocenters. The second-order valence-electron chi connectivity index (χ2n) is 7.15. The van der Waals surface area contributed by atoms with Gasteiger partial charge >= 0.3 is 5.84 Å². The van der Waals surface area contributed by atoms with Crippen LogP contribution in [0.5, 0.6) is 0 Å². The summed E-state index contributed by atoms with van der Waals surface area (Å²) in [5.41, 5.74) is 2.05. The molecule has 140 valence electrons. The zero-order valence-electron chi connectivity index (χ0n) is 15.9. The van der Waals surface area contributed by atoms with Crippen molar-refractivity contribution in [2.75, 3.05) is 0 Å². The Labute approximate surface area is 166 Å². The topological polar surface area (TPSA) is 30.4 Å². The van der Waals surface area contributed by atoms with Gasteiger partial charge in [-0.15, -0.1) is 0 Å². The monoisotopic (exact) mass is 386 g/mol. The number of nitrogens with zero attached hydrogens (tertiary/aromatic N) is 2. The lowest BCUT2D eigenvalue weighted by atomic mass is 10.3. The van der Waals surface area contributed by atoms with Gasteiger partial charge in [0.05, 0.1) is 11.0 Å². The summed E-state index contributed by atoms with van der Waals surface area (Å²) in [4.78, 5) is 8.69. The molecule has 2 heterocycles. The highest BCUT2D eigenvalue weighted by atomic mass is 32.3. The molecule has 3 nitrogen and oxygen atoms in total. The predicted octanol–water partition coefficient (Wildman–Crippen LogP) is 6.77. The summed E-state index contributed by atoms with van der Waals surface area (Å²) in [7, 11) is -1.44. The third kappa shape index (κ3) is 2.41. The molecule has 0 saturated heterocycles. The summed E-state index contributed by atoms with van der Waals surface area (Å²) in [6, 6.07) is 28.6. The van der Waals surface area contributed by atoms with Crippen LogP contribution in [0.15, 0.2) is 110 Å². The maximum atomic E-state index is 5.50. The fraction of sp³-hybridized carbons (Fsp3) is 0.125. The Kier molecular flexibility index (Phi) is 4.02. The molecule has 0 aliphatic carbocycles. The fourth-order valence-electron chi connectivity index (χ4n) is 4.13. The number of imidazole rings is 1. The van der Waals surface area contributed by atoms with Crippen molar-refractivity contribution < 1.29 is 4.42 Å². The van der Waals surface area contributed by atoms with E-state index in [0.717, 1.165) is 11.0 Å². The first kappa shape index (κ1) is 17.1. The van der Waals surface area contributed by atoms with E-state index in [9.17, 15) is 0 Å². The van der Waals surface area contributed by atoms with Crippen LogP contribution in [-0.4, -0.2) is 14.6 Å². The molecule has 0 saturated carbocycles. The van der Waals surface area contributed by atoms with Gasteiger partial charge in [0, 0.05) is 11.1 Å². The highest BCUT2D eigenvalue weighted by Crippen LogP contribution is 2.71. The van der Waals surface area contributed by atoms with Crippen LogP contribution in [0.2, 0.25) is 0 Å². The van der Waals surface area contributed by atoms with Crippen LogP contribution in [0.3, 0.4) is 0 Å². The molecular formula is C24H22N2OS. The van der Waals surface area contributed by atoms with Gasteiger partial charge in [0.2, 0.25) is 0 Å². The molecule has 0 amide bonds. The summed E-state index contributed by atoms with van der Waals surface area (Å²) in [6.45, 7) is 4.67. The second kappa shape index (κ2) is 6.57. The van der Waals surface area contributed by atoms with Gasteiger partial charge in [0.25, 0.3) is 0 Å². The lowest BCUT2D eigenvalue weighted by Crippen LogP contribution is -2.14. The van der Waals surface area contributed by atoms with Crippen molar-refractivity contribution >= 4 is 26.9 Å². The van der Waals surface area contributed by atoms with E-state index in [1.54, 1.807) is 6.26 Å². The average Bonchev–Trinajstić information content (AvgIpc) is 3.31. The number of fused-ring (bicyclic) bond motifs is 3. The zero-order valence-corrected chi connectivity index (χ0v) is 16.8. The Hall–Kier alpha value is -2.98. The van der Waals surface area contributed by atoms with Crippen LogP contribution in [0.4, 0.5) is 0 Å². The maximum absolute atomic E-state index is 5.50. The third-order valence-corrected chi connectivity index (χ3v) is 9.76. The molecule has 0 radical (unpaired) electrons. The summed E-state index contributed by atoms with van der Waals surface area (Å²) < 4.78 is 7.53. The average molecular weight is 387 g/mol. The van der Waals surface area contributed by atoms with Crippen LogP contribution < -0.4 is 0 Å². The molecule has 0 fully saturated rings. The minimum Gasteiger partial charge on any atom is -0.432 e. The van der Waals surface area contributed by atoms with Crippen molar-refractivity contribution in [2.24, 2.45) is 0 Å². The number of rotatable bonds is 4. The first-order valence-electron chi connectivity index (χ1n) is 9.49. The molecule has 0 N–H and O–H groups in total. The first-order valence-corrected chi connectivity index (χ1v) is 11.2. The number of oxazole rings is 1. The van der Waals surface area contributed by atoms with Crippen LogP contribution in [0.1, 0.15) is 13.8 Å². The van der Waals surface area contributed by atoms with Crippen molar-refractivity contribution in [3.8, 4) is 0 Å². The SMILES string of the molecule is CC(C)S(c1ccccc1)(c1ccccc1)c1ccc2nc3occn3c2c1. The van der Waals surface area contributed by atoms with Gasteiger partial charge in [-0.3, -0.25) is 4.40 Å². The molecule has 0 aliphatic rings. The molecule has 2 aromatic heterocycles. The predicted molar refractivity (Wildman–Crippen MR) is 115 cm³/mol. The van der Waals surface area contributed by atoms with E-state index in [1.165, 1.54) is 14.7 Å².